The summed E-state index contributed by atoms with van der Waals surface area (Å²) in [7, 11) is 1.75. The van der Waals surface area contributed by atoms with E-state index in [2.05, 4.69) is 33.8 Å². The van der Waals surface area contributed by atoms with E-state index < -0.39 is 28.4 Å². The molecular formula is C33H36ClF3N8O2. The number of hydrogen-bond acceptors (Lipinski definition) is 7. The molecule has 2 aliphatic heterocycles. The Hall–Kier alpha value is -4.02. The number of aryl methyl sites for hydroxylation is 1. The fourth-order valence-electron chi connectivity index (χ4n) is 7.43. The molecule has 10 nitrogen and oxygen atoms in total. The first-order chi connectivity index (χ1) is 22.3. The number of nitrogens with zero attached hydrogens (tertiary/aromatic N) is 8. The van der Waals surface area contributed by atoms with Crippen LogP contribution in [0.4, 0.5) is 29.6 Å². The molecule has 6 rings (SSSR count). The summed E-state index contributed by atoms with van der Waals surface area (Å²) in [4.78, 5) is 40.3. The lowest BCUT2D eigenvalue weighted by Crippen LogP contribution is -2.43. The molecular weight excluding hydrogens is 633 g/mol. The van der Waals surface area contributed by atoms with Gasteiger partial charge in [0.05, 0.1) is 30.0 Å². The van der Waals surface area contributed by atoms with E-state index in [-0.39, 0.29) is 42.3 Å². The molecule has 2 amide bonds. The van der Waals surface area contributed by atoms with E-state index in [0.717, 1.165) is 36.9 Å². The predicted octanol–water partition coefficient (Wildman–Crippen LogP) is 6.42. The number of aromatic nitrogens is 4. The first-order valence-electron chi connectivity index (χ1n) is 15.8. The van der Waals surface area contributed by atoms with E-state index in [9.17, 15) is 28.0 Å². The van der Waals surface area contributed by atoms with Crippen LogP contribution < -0.4 is 9.80 Å². The van der Waals surface area contributed by atoms with Gasteiger partial charge in [-0.2, -0.15) is 23.5 Å². The van der Waals surface area contributed by atoms with Crippen LogP contribution in [0.2, 0.25) is 0 Å². The number of likely N-dealkylation sites (tertiary alicyclic amines) is 1. The molecule has 0 bridgehead atoms. The van der Waals surface area contributed by atoms with Gasteiger partial charge < -0.3 is 0 Å². The van der Waals surface area contributed by atoms with Gasteiger partial charge in [0.2, 0.25) is 0 Å². The van der Waals surface area contributed by atoms with Crippen molar-refractivity contribution >= 4 is 34.5 Å². The van der Waals surface area contributed by atoms with Gasteiger partial charge in [0.25, 0.3) is 5.91 Å². The number of rotatable bonds is 8. The SMILES string of the molecule is CC1CC(c2cc(N(CCC#N)C(=O)Cl)nc(N3Cc4c(cc(CN5CCC[C@H](C)C5)cc4C(F)(F)F)C3=O)c2)(c2ncn(C)n2)C1. The van der Waals surface area contributed by atoms with Crippen LogP contribution in [0, 0.1) is 23.2 Å². The maximum Gasteiger partial charge on any atom is 0.416 e. The van der Waals surface area contributed by atoms with Gasteiger partial charge in [0, 0.05) is 32.2 Å². The summed E-state index contributed by atoms with van der Waals surface area (Å²) in [5.41, 5.74) is -0.560. The van der Waals surface area contributed by atoms with Crippen LogP contribution in [0.15, 0.2) is 30.6 Å². The highest BCUT2D eigenvalue weighted by molar-refractivity contribution is 6.66. The Morgan fingerprint density at radius 3 is 2.57 bits per heavy atom. The minimum Gasteiger partial charge on any atom is -0.299 e. The molecule has 4 heterocycles. The molecule has 0 unspecified atom stereocenters. The lowest BCUT2D eigenvalue weighted by Gasteiger charge is -2.45. The molecule has 248 valence electrons. The minimum atomic E-state index is -4.68. The summed E-state index contributed by atoms with van der Waals surface area (Å²) in [5.74, 6) is 0.865. The van der Waals surface area contributed by atoms with Crippen LogP contribution in [0.5, 0.6) is 0 Å². The Labute approximate surface area is 276 Å². The monoisotopic (exact) mass is 668 g/mol. The number of carbonyl (C=O) groups excluding carboxylic acids is 2. The highest BCUT2D eigenvalue weighted by Crippen LogP contribution is 2.52. The zero-order chi connectivity index (χ0) is 33.7. The highest BCUT2D eigenvalue weighted by Gasteiger charge is 2.49. The predicted molar refractivity (Wildman–Crippen MR) is 169 cm³/mol. The third-order valence-electron chi connectivity index (χ3n) is 9.54. The van der Waals surface area contributed by atoms with Crippen molar-refractivity contribution in [3.8, 4) is 6.07 Å². The molecule has 1 aliphatic carbocycles. The summed E-state index contributed by atoms with van der Waals surface area (Å²) >= 11 is 5.96. The van der Waals surface area contributed by atoms with Crippen LogP contribution in [-0.2, 0) is 31.7 Å². The van der Waals surface area contributed by atoms with Crippen molar-refractivity contribution in [1.82, 2.24) is 24.6 Å². The van der Waals surface area contributed by atoms with E-state index in [4.69, 9.17) is 11.6 Å². The number of anilines is 2. The number of piperidine rings is 1. The number of fused-ring (bicyclic) bond motifs is 1. The van der Waals surface area contributed by atoms with Crippen LogP contribution >= 0.6 is 11.6 Å². The number of halogens is 4. The van der Waals surface area contributed by atoms with Crippen molar-refractivity contribution in [3.63, 3.8) is 0 Å². The average Bonchev–Trinajstić information content (AvgIpc) is 3.57. The first-order valence-corrected chi connectivity index (χ1v) is 16.2. The number of alkyl halides is 3. The van der Waals surface area contributed by atoms with E-state index in [0.29, 0.717) is 48.2 Å². The second-order valence-electron chi connectivity index (χ2n) is 13.3. The zero-order valence-electron chi connectivity index (χ0n) is 26.5. The Balaban J connectivity index is 1.45. The van der Waals surface area contributed by atoms with Crippen LogP contribution in [0.3, 0.4) is 0 Å². The van der Waals surface area contributed by atoms with Crippen molar-refractivity contribution in [3.05, 3.63) is 64.2 Å². The molecule has 2 aromatic heterocycles. The Kier molecular flexibility index (Phi) is 8.78. The minimum absolute atomic E-state index is 0.0123. The van der Waals surface area contributed by atoms with Crippen LogP contribution in [0.25, 0.3) is 0 Å². The molecule has 0 radical (unpaired) electrons. The van der Waals surface area contributed by atoms with Crippen molar-refractivity contribution in [2.45, 2.75) is 70.6 Å². The van der Waals surface area contributed by atoms with Crippen LogP contribution in [0.1, 0.15) is 84.4 Å². The van der Waals surface area contributed by atoms with Crippen molar-refractivity contribution in [2.75, 3.05) is 29.4 Å². The highest BCUT2D eigenvalue weighted by atomic mass is 35.5. The third kappa shape index (κ3) is 6.33. The molecule has 1 aromatic carbocycles. The normalized spacial score (nSPS) is 22.9. The molecule has 1 saturated carbocycles. The molecule has 1 saturated heterocycles. The molecule has 0 spiro atoms. The van der Waals surface area contributed by atoms with Crippen LogP contribution in [-0.4, -0.2) is 55.6 Å². The Morgan fingerprint density at radius 1 is 1.19 bits per heavy atom. The van der Waals surface area contributed by atoms with Gasteiger partial charge in [-0.1, -0.05) is 13.8 Å². The van der Waals surface area contributed by atoms with Crippen molar-refractivity contribution < 1.29 is 22.8 Å². The third-order valence-corrected chi connectivity index (χ3v) is 9.74. The van der Waals surface area contributed by atoms with E-state index >= 15 is 0 Å². The van der Waals surface area contributed by atoms with Gasteiger partial charge in [-0.05, 0) is 96.6 Å². The Bertz CT molecular complexity index is 1750. The summed E-state index contributed by atoms with van der Waals surface area (Å²) in [6, 6.07) is 8.09. The quantitative estimate of drug-likeness (QED) is 0.201. The van der Waals surface area contributed by atoms with E-state index in [1.807, 2.05) is 6.07 Å². The number of pyridine rings is 1. The number of benzene rings is 1. The maximum atomic E-state index is 14.5. The van der Waals surface area contributed by atoms with Gasteiger partial charge in [0.15, 0.2) is 5.82 Å². The topological polar surface area (TPSA) is 111 Å². The average molecular weight is 669 g/mol. The molecule has 2 fully saturated rings. The molecule has 3 aliphatic rings. The Morgan fingerprint density at radius 2 is 1.96 bits per heavy atom. The number of amides is 2. The molecule has 1 atom stereocenters. The summed E-state index contributed by atoms with van der Waals surface area (Å²) in [5, 5.41) is 12.9. The van der Waals surface area contributed by atoms with E-state index in [1.54, 1.807) is 36.3 Å². The summed E-state index contributed by atoms with van der Waals surface area (Å²) in [6.45, 7) is 5.69. The van der Waals surface area contributed by atoms with Crippen molar-refractivity contribution in [1.29, 1.82) is 5.26 Å². The molecule has 14 heteroatoms. The summed E-state index contributed by atoms with van der Waals surface area (Å²) < 4.78 is 45.2. The largest absolute Gasteiger partial charge is 0.416 e. The maximum absolute atomic E-state index is 14.5. The second-order valence-corrected chi connectivity index (χ2v) is 13.6. The lowest BCUT2D eigenvalue weighted by atomic mass is 9.58. The zero-order valence-corrected chi connectivity index (χ0v) is 27.3. The van der Waals surface area contributed by atoms with Gasteiger partial charge in [0.1, 0.15) is 18.0 Å². The molecule has 0 N–H and O–H groups in total. The fourth-order valence-corrected chi connectivity index (χ4v) is 7.60. The first kappa shape index (κ1) is 32.9. The smallest absolute Gasteiger partial charge is 0.299 e. The van der Waals surface area contributed by atoms with Gasteiger partial charge in [-0.25, -0.2) is 9.97 Å². The molecule has 3 aromatic rings. The number of carbonyl (C=O) groups is 2. The van der Waals surface area contributed by atoms with Gasteiger partial charge in [-0.15, -0.1) is 0 Å². The standard InChI is InChI=1S/C33H36ClF3N8O2/c1-20-6-4-8-43(16-20)17-22-10-24-25(26(11-22)33(35,36)37)18-45(29(24)46)28-13-23(12-27(40-28)44(31(34)47)9-5-7-38)32(14-21(2)15-32)30-39-19-42(3)41-30/h10-13,19-21H,4-6,8-9,14-18H2,1-3H3/t20-,21?,32?/m0/s1. The van der Waals surface area contributed by atoms with Gasteiger partial charge in [-0.3, -0.25) is 29.0 Å². The lowest BCUT2D eigenvalue weighted by molar-refractivity contribution is -0.138. The fraction of sp³-hybridized carbons (Fsp3) is 0.515. The second kappa shape index (κ2) is 12.5. The molecule has 47 heavy (non-hydrogen) atoms. The number of hydrogen-bond donors (Lipinski definition) is 0. The van der Waals surface area contributed by atoms with Crippen molar-refractivity contribution in [2.24, 2.45) is 18.9 Å². The van der Waals surface area contributed by atoms with Gasteiger partial charge >= 0.3 is 11.5 Å². The summed E-state index contributed by atoms with van der Waals surface area (Å²) in [6.07, 6.45) is 0.254. The van der Waals surface area contributed by atoms with E-state index in [1.165, 1.54) is 4.90 Å². The number of nitriles is 1.